The molecule has 2 N–H and O–H groups in total. The summed E-state index contributed by atoms with van der Waals surface area (Å²) >= 11 is 0. The second-order valence-electron chi connectivity index (χ2n) is 3.67. The molecule has 1 heterocycles. The lowest BCUT2D eigenvalue weighted by Gasteiger charge is -2.33. The predicted octanol–water partition coefficient (Wildman–Crippen LogP) is 1.54. The molecule has 1 aliphatic rings. The van der Waals surface area contributed by atoms with Gasteiger partial charge in [-0.25, -0.2) is 4.39 Å². The van der Waals surface area contributed by atoms with Crippen LogP contribution in [0, 0.1) is 5.82 Å². The Kier molecular flexibility index (Phi) is 2.68. The minimum absolute atomic E-state index is 0.115. The van der Waals surface area contributed by atoms with E-state index in [-0.39, 0.29) is 5.82 Å². The Balaban J connectivity index is 2.17. The highest BCUT2D eigenvalue weighted by Gasteiger charge is 2.17. The molecule has 0 amide bonds. The van der Waals surface area contributed by atoms with Gasteiger partial charge in [-0.3, -0.25) is 0 Å². The van der Waals surface area contributed by atoms with E-state index < -0.39 is 0 Å². The van der Waals surface area contributed by atoms with Gasteiger partial charge >= 0.3 is 0 Å². The van der Waals surface area contributed by atoms with Crippen molar-refractivity contribution < 1.29 is 4.39 Å². The smallest absolute Gasteiger partial charge is 0.146 e. The first-order chi connectivity index (χ1) is 6.81. The number of hydrogen-bond donors (Lipinski definition) is 1. The van der Waals surface area contributed by atoms with E-state index in [9.17, 15) is 4.39 Å². The fraction of sp³-hybridized carbons (Fsp3) is 0.455. The Morgan fingerprint density at radius 3 is 2.64 bits per heavy atom. The van der Waals surface area contributed by atoms with Gasteiger partial charge < -0.3 is 10.6 Å². The molecular formula is C11H15FN2. The second-order valence-corrected chi connectivity index (χ2v) is 3.67. The molecule has 1 fully saturated rings. The van der Waals surface area contributed by atoms with Gasteiger partial charge in [0.2, 0.25) is 0 Å². The molecule has 76 valence electrons. The van der Waals surface area contributed by atoms with Crippen molar-refractivity contribution in [3.05, 3.63) is 29.6 Å². The summed E-state index contributed by atoms with van der Waals surface area (Å²) in [4.78, 5) is 2.06. The van der Waals surface area contributed by atoms with Crippen LogP contribution in [0.2, 0.25) is 0 Å². The summed E-state index contributed by atoms with van der Waals surface area (Å²) in [7, 11) is 0. The molecule has 0 saturated carbocycles. The summed E-state index contributed by atoms with van der Waals surface area (Å²) in [6, 6.07) is 5.42. The zero-order valence-corrected chi connectivity index (χ0v) is 8.17. The molecule has 2 nitrogen and oxygen atoms in total. The van der Waals surface area contributed by atoms with Crippen LogP contribution in [0.15, 0.2) is 18.2 Å². The largest absolute Gasteiger partial charge is 0.369 e. The summed E-state index contributed by atoms with van der Waals surface area (Å²) in [6.07, 6.45) is 1.92. The summed E-state index contributed by atoms with van der Waals surface area (Å²) in [5.41, 5.74) is 7.13. The van der Waals surface area contributed by atoms with Crippen LogP contribution in [0.25, 0.3) is 0 Å². The zero-order chi connectivity index (χ0) is 9.97. The fourth-order valence-corrected chi connectivity index (χ4v) is 1.69. The highest BCUT2D eigenvalue weighted by molar-refractivity contribution is 5.50. The van der Waals surface area contributed by atoms with Crippen molar-refractivity contribution in [2.24, 2.45) is 5.73 Å². The van der Waals surface area contributed by atoms with Gasteiger partial charge in [-0.2, -0.15) is 0 Å². The monoisotopic (exact) mass is 194 g/mol. The Hall–Kier alpha value is -1.09. The van der Waals surface area contributed by atoms with Crippen LogP contribution < -0.4 is 10.6 Å². The van der Waals surface area contributed by atoms with Crippen molar-refractivity contribution in [2.75, 3.05) is 24.5 Å². The maximum Gasteiger partial charge on any atom is 0.146 e. The molecule has 0 unspecified atom stereocenters. The average molecular weight is 194 g/mol. The summed E-state index contributed by atoms with van der Waals surface area (Å²) in [5, 5.41) is 0. The molecule has 0 bridgehead atoms. The van der Waals surface area contributed by atoms with Crippen molar-refractivity contribution >= 4 is 5.69 Å². The molecule has 0 aromatic heterocycles. The first-order valence-corrected chi connectivity index (χ1v) is 5.04. The van der Waals surface area contributed by atoms with E-state index in [0.29, 0.717) is 6.54 Å². The Morgan fingerprint density at radius 2 is 2.14 bits per heavy atom. The third kappa shape index (κ3) is 1.73. The number of benzene rings is 1. The number of anilines is 1. The quantitative estimate of drug-likeness (QED) is 0.790. The molecule has 1 aromatic rings. The summed E-state index contributed by atoms with van der Waals surface area (Å²) < 4.78 is 13.6. The molecule has 0 radical (unpaired) electrons. The maximum absolute atomic E-state index is 13.6. The Bertz CT molecular complexity index is 321. The van der Waals surface area contributed by atoms with Crippen molar-refractivity contribution in [3.8, 4) is 0 Å². The van der Waals surface area contributed by atoms with Crippen LogP contribution in [0.1, 0.15) is 12.0 Å². The first kappa shape index (κ1) is 9.46. The van der Waals surface area contributed by atoms with E-state index in [1.54, 1.807) is 6.07 Å². The van der Waals surface area contributed by atoms with Gasteiger partial charge in [-0.05, 0) is 37.1 Å². The fourth-order valence-electron chi connectivity index (χ4n) is 1.69. The average Bonchev–Trinajstić information content (AvgIpc) is 2.07. The molecule has 2 rings (SSSR count). The van der Waals surface area contributed by atoms with E-state index in [2.05, 4.69) is 4.90 Å². The molecule has 1 aliphatic heterocycles. The normalized spacial score (nSPS) is 15.4. The number of halogens is 1. The standard InChI is InChI=1S/C11H15FN2/c12-10-8-9(4-5-13)2-3-11(10)14-6-1-7-14/h2-3,8H,1,4-7,13H2. The summed E-state index contributed by atoms with van der Waals surface area (Å²) in [5.74, 6) is -0.115. The second kappa shape index (κ2) is 3.96. The van der Waals surface area contributed by atoms with Gasteiger partial charge in [-0.1, -0.05) is 6.07 Å². The molecule has 1 saturated heterocycles. The van der Waals surface area contributed by atoms with Crippen molar-refractivity contribution in [3.63, 3.8) is 0 Å². The van der Waals surface area contributed by atoms with Crippen molar-refractivity contribution in [2.45, 2.75) is 12.8 Å². The Morgan fingerprint density at radius 1 is 1.36 bits per heavy atom. The highest BCUT2D eigenvalue weighted by Crippen LogP contribution is 2.24. The van der Waals surface area contributed by atoms with Gasteiger partial charge in [0, 0.05) is 13.1 Å². The van der Waals surface area contributed by atoms with E-state index in [4.69, 9.17) is 5.73 Å². The van der Waals surface area contributed by atoms with Crippen LogP contribution in [0.4, 0.5) is 10.1 Å². The van der Waals surface area contributed by atoms with Gasteiger partial charge in [-0.15, -0.1) is 0 Å². The predicted molar refractivity (Wildman–Crippen MR) is 56.0 cm³/mol. The highest BCUT2D eigenvalue weighted by atomic mass is 19.1. The zero-order valence-electron chi connectivity index (χ0n) is 8.17. The molecule has 3 heteroatoms. The number of nitrogens with zero attached hydrogens (tertiary/aromatic N) is 1. The van der Waals surface area contributed by atoms with Crippen LogP contribution in [-0.4, -0.2) is 19.6 Å². The minimum atomic E-state index is -0.115. The van der Waals surface area contributed by atoms with E-state index >= 15 is 0 Å². The molecule has 0 atom stereocenters. The first-order valence-electron chi connectivity index (χ1n) is 5.04. The number of nitrogens with two attached hydrogens (primary N) is 1. The minimum Gasteiger partial charge on any atom is -0.369 e. The number of hydrogen-bond acceptors (Lipinski definition) is 2. The van der Waals surface area contributed by atoms with Crippen LogP contribution in [0.5, 0.6) is 0 Å². The lowest BCUT2D eigenvalue weighted by atomic mass is 10.1. The van der Waals surface area contributed by atoms with Gasteiger partial charge in [0.15, 0.2) is 0 Å². The van der Waals surface area contributed by atoms with Crippen molar-refractivity contribution in [1.82, 2.24) is 0 Å². The van der Waals surface area contributed by atoms with Crippen LogP contribution >= 0.6 is 0 Å². The number of rotatable bonds is 3. The van der Waals surface area contributed by atoms with Crippen LogP contribution in [-0.2, 0) is 6.42 Å². The molecule has 0 aliphatic carbocycles. The third-order valence-electron chi connectivity index (χ3n) is 2.64. The van der Waals surface area contributed by atoms with Gasteiger partial charge in [0.1, 0.15) is 5.82 Å². The summed E-state index contributed by atoms with van der Waals surface area (Å²) in [6.45, 7) is 2.53. The van der Waals surface area contributed by atoms with Crippen molar-refractivity contribution in [1.29, 1.82) is 0 Å². The van der Waals surface area contributed by atoms with Gasteiger partial charge in [0.05, 0.1) is 5.69 Å². The Labute approximate surface area is 83.5 Å². The molecule has 14 heavy (non-hydrogen) atoms. The third-order valence-corrected chi connectivity index (χ3v) is 2.64. The molecule has 1 aromatic carbocycles. The molecular weight excluding hydrogens is 179 g/mol. The van der Waals surface area contributed by atoms with E-state index in [0.717, 1.165) is 30.8 Å². The van der Waals surface area contributed by atoms with E-state index in [1.165, 1.54) is 6.42 Å². The molecule has 0 spiro atoms. The topological polar surface area (TPSA) is 29.3 Å². The SMILES string of the molecule is NCCc1ccc(N2CCC2)c(F)c1. The lowest BCUT2D eigenvalue weighted by molar-refractivity contribution is 0.572. The van der Waals surface area contributed by atoms with Gasteiger partial charge in [0.25, 0.3) is 0 Å². The lowest BCUT2D eigenvalue weighted by Crippen LogP contribution is -2.37. The van der Waals surface area contributed by atoms with E-state index in [1.807, 2.05) is 12.1 Å². The van der Waals surface area contributed by atoms with Crippen LogP contribution in [0.3, 0.4) is 0 Å². The maximum atomic E-state index is 13.6.